The van der Waals surface area contributed by atoms with Crippen LogP contribution in [0.25, 0.3) is 11.4 Å². The van der Waals surface area contributed by atoms with Crippen molar-refractivity contribution in [2.24, 2.45) is 18.4 Å². The molecular formula is C19H26N4O. The minimum absolute atomic E-state index is 0.259. The van der Waals surface area contributed by atoms with Crippen molar-refractivity contribution in [1.82, 2.24) is 19.7 Å². The maximum absolute atomic E-state index is 12.4. The smallest absolute Gasteiger partial charge is 0.227 e. The minimum Gasteiger partial charge on any atom is -0.342 e. The molecule has 0 saturated carbocycles. The monoisotopic (exact) mass is 326 g/mol. The summed E-state index contributed by atoms with van der Waals surface area (Å²) in [5.74, 6) is 0.787. The third kappa shape index (κ3) is 3.50. The number of aryl methyl sites for hydroxylation is 1. The second-order valence-electron chi connectivity index (χ2n) is 7.75. The number of likely N-dealkylation sites (tertiary alicyclic amines) is 1. The SMILES string of the molecule is Cn1nccc1-c1ccc(C[C@@H]2CCN(C(=O)C(C)(C)C)C2)cn1. The van der Waals surface area contributed by atoms with Crippen LogP contribution in [0.4, 0.5) is 0 Å². The molecule has 1 aliphatic heterocycles. The fraction of sp³-hybridized carbons (Fsp3) is 0.526. The zero-order chi connectivity index (χ0) is 17.3. The molecular weight excluding hydrogens is 300 g/mol. The zero-order valence-corrected chi connectivity index (χ0v) is 15.0. The van der Waals surface area contributed by atoms with Crippen molar-refractivity contribution in [2.75, 3.05) is 13.1 Å². The summed E-state index contributed by atoms with van der Waals surface area (Å²) in [5.41, 5.74) is 2.90. The van der Waals surface area contributed by atoms with Crippen LogP contribution in [-0.4, -0.2) is 38.7 Å². The van der Waals surface area contributed by atoms with Gasteiger partial charge in [-0.1, -0.05) is 26.8 Å². The maximum Gasteiger partial charge on any atom is 0.227 e. The molecule has 0 spiro atoms. The number of carbonyl (C=O) groups is 1. The highest BCUT2D eigenvalue weighted by Crippen LogP contribution is 2.26. The van der Waals surface area contributed by atoms with Crippen LogP contribution in [0, 0.1) is 11.3 Å². The van der Waals surface area contributed by atoms with E-state index >= 15 is 0 Å². The molecule has 0 aromatic carbocycles. The third-order valence-electron chi connectivity index (χ3n) is 4.65. The molecule has 0 unspecified atom stereocenters. The van der Waals surface area contributed by atoms with E-state index in [4.69, 9.17) is 0 Å². The van der Waals surface area contributed by atoms with Crippen LogP contribution in [0.2, 0.25) is 0 Å². The summed E-state index contributed by atoms with van der Waals surface area (Å²) in [4.78, 5) is 19.0. The highest BCUT2D eigenvalue weighted by Gasteiger charge is 2.32. The topological polar surface area (TPSA) is 51.0 Å². The lowest BCUT2D eigenvalue weighted by atomic mass is 9.95. The second-order valence-corrected chi connectivity index (χ2v) is 7.75. The third-order valence-corrected chi connectivity index (χ3v) is 4.65. The fourth-order valence-corrected chi connectivity index (χ4v) is 3.31. The van der Waals surface area contributed by atoms with Gasteiger partial charge in [0.15, 0.2) is 0 Å². The number of aromatic nitrogens is 3. The Bertz CT molecular complexity index is 712. The highest BCUT2D eigenvalue weighted by molar-refractivity contribution is 5.81. The summed E-state index contributed by atoms with van der Waals surface area (Å²) in [6.45, 7) is 7.71. The number of hydrogen-bond donors (Lipinski definition) is 0. The number of carbonyl (C=O) groups excluding carboxylic acids is 1. The number of amides is 1. The summed E-state index contributed by atoms with van der Waals surface area (Å²) in [6.07, 6.45) is 5.79. The predicted molar refractivity (Wildman–Crippen MR) is 94.3 cm³/mol. The lowest BCUT2D eigenvalue weighted by molar-refractivity contribution is -0.138. The first-order chi connectivity index (χ1) is 11.3. The van der Waals surface area contributed by atoms with Crippen molar-refractivity contribution in [2.45, 2.75) is 33.6 Å². The van der Waals surface area contributed by atoms with E-state index in [1.807, 2.05) is 49.7 Å². The van der Waals surface area contributed by atoms with E-state index in [1.54, 1.807) is 6.20 Å². The summed E-state index contributed by atoms with van der Waals surface area (Å²) in [5, 5.41) is 4.18. The second kappa shape index (κ2) is 6.38. The van der Waals surface area contributed by atoms with Crippen LogP contribution in [-0.2, 0) is 18.3 Å². The molecule has 128 valence electrons. The Balaban J connectivity index is 1.61. The van der Waals surface area contributed by atoms with Gasteiger partial charge < -0.3 is 4.90 Å². The first-order valence-corrected chi connectivity index (χ1v) is 8.57. The van der Waals surface area contributed by atoms with Crippen LogP contribution in [0.1, 0.15) is 32.8 Å². The van der Waals surface area contributed by atoms with Gasteiger partial charge >= 0.3 is 0 Å². The van der Waals surface area contributed by atoms with Gasteiger partial charge in [-0.25, -0.2) is 0 Å². The number of rotatable bonds is 3. The number of pyridine rings is 1. The van der Waals surface area contributed by atoms with Gasteiger partial charge in [0.1, 0.15) is 0 Å². The van der Waals surface area contributed by atoms with E-state index in [-0.39, 0.29) is 11.3 Å². The molecule has 3 rings (SSSR count). The molecule has 1 aliphatic rings. The number of nitrogens with zero attached hydrogens (tertiary/aromatic N) is 4. The molecule has 3 heterocycles. The summed E-state index contributed by atoms with van der Waals surface area (Å²) in [7, 11) is 1.92. The van der Waals surface area contributed by atoms with E-state index in [9.17, 15) is 4.79 Å². The van der Waals surface area contributed by atoms with E-state index < -0.39 is 0 Å². The lowest BCUT2D eigenvalue weighted by Crippen LogP contribution is -2.38. The summed E-state index contributed by atoms with van der Waals surface area (Å²) in [6, 6.07) is 6.16. The Morgan fingerprint density at radius 1 is 1.29 bits per heavy atom. The van der Waals surface area contributed by atoms with Crippen LogP contribution >= 0.6 is 0 Å². The zero-order valence-electron chi connectivity index (χ0n) is 15.0. The van der Waals surface area contributed by atoms with Crippen LogP contribution in [0.5, 0.6) is 0 Å². The predicted octanol–water partition coefficient (Wildman–Crippen LogP) is 2.92. The average molecular weight is 326 g/mol. The molecule has 1 saturated heterocycles. The summed E-state index contributed by atoms with van der Waals surface area (Å²) < 4.78 is 1.83. The summed E-state index contributed by atoms with van der Waals surface area (Å²) >= 11 is 0. The van der Waals surface area contributed by atoms with Crippen LogP contribution in [0.15, 0.2) is 30.6 Å². The van der Waals surface area contributed by atoms with Crippen molar-refractivity contribution < 1.29 is 4.79 Å². The molecule has 1 amide bonds. The normalized spacial score (nSPS) is 18.2. The largest absolute Gasteiger partial charge is 0.342 e. The van der Waals surface area contributed by atoms with Crippen molar-refractivity contribution >= 4 is 5.91 Å². The quantitative estimate of drug-likeness (QED) is 0.871. The van der Waals surface area contributed by atoms with Crippen molar-refractivity contribution in [1.29, 1.82) is 0 Å². The molecule has 5 nitrogen and oxygen atoms in total. The Hall–Kier alpha value is -2.17. The van der Waals surface area contributed by atoms with Gasteiger partial charge in [0.25, 0.3) is 0 Å². The molecule has 0 bridgehead atoms. The first kappa shape index (κ1) is 16.7. The molecule has 2 aromatic rings. The van der Waals surface area contributed by atoms with Crippen molar-refractivity contribution in [3.8, 4) is 11.4 Å². The molecule has 0 radical (unpaired) electrons. The van der Waals surface area contributed by atoms with Gasteiger partial charge in [0, 0.05) is 37.9 Å². The van der Waals surface area contributed by atoms with Gasteiger partial charge in [-0.15, -0.1) is 0 Å². The van der Waals surface area contributed by atoms with E-state index in [2.05, 4.69) is 22.2 Å². The van der Waals surface area contributed by atoms with Gasteiger partial charge in [-0.05, 0) is 36.5 Å². The average Bonchev–Trinajstić information content (AvgIpc) is 3.15. The Morgan fingerprint density at radius 2 is 2.08 bits per heavy atom. The molecule has 24 heavy (non-hydrogen) atoms. The van der Waals surface area contributed by atoms with Gasteiger partial charge in [0.05, 0.1) is 11.4 Å². The Labute approximate surface area is 143 Å². The van der Waals surface area contributed by atoms with Crippen molar-refractivity contribution in [3.05, 3.63) is 36.2 Å². The molecule has 5 heteroatoms. The molecule has 0 N–H and O–H groups in total. The van der Waals surface area contributed by atoms with Gasteiger partial charge in [-0.2, -0.15) is 5.10 Å². The molecule has 0 aliphatic carbocycles. The minimum atomic E-state index is -0.290. The first-order valence-electron chi connectivity index (χ1n) is 8.57. The Morgan fingerprint density at radius 3 is 2.67 bits per heavy atom. The van der Waals surface area contributed by atoms with Crippen LogP contribution in [0.3, 0.4) is 0 Å². The number of hydrogen-bond acceptors (Lipinski definition) is 3. The Kier molecular flexibility index (Phi) is 4.43. The molecule has 1 fully saturated rings. The molecule has 1 atom stereocenters. The van der Waals surface area contributed by atoms with Gasteiger partial charge in [-0.3, -0.25) is 14.5 Å². The van der Waals surface area contributed by atoms with Crippen LogP contribution < -0.4 is 0 Å². The van der Waals surface area contributed by atoms with Crippen molar-refractivity contribution in [3.63, 3.8) is 0 Å². The molecule has 2 aromatic heterocycles. The fourth-order valence-electron chi connectivity index (χ4n) is 3.31. The van der Waals surface area contributed by atoms with E-state index in [0.29, 0.717) is 5.92 Å². The highest BCUT2D eigenvalue weighted by atomic mass is 16.2. The van der Waals surface area contributed by atoms with E-state index in [1.165, 1.54) is 5.56 Å². The van der Waals surface area contributed by atoms with E-state index in [0.717, 1.165) is 37.3 Å². The lowest BCUT2D eigenvalue weighted by Gasteiger charge is -2.25. The van der Waals surface area contributed by atoms with Gasteiger partial charge in [0.2, 0.25) is 5.91 Å². The maximum atomic E-state index is 12.4. The standard InChI is InChI=1S/C19H26N4O/c1-19(2,3)18(24)23-10-8-15(13-23)11-14-5-6-16(20-12-14)17-7-9-21-22(17)4/h5-7,9,12,15H,8,10-11,13H2,1-4H3/t15-/m0/s1.